The van der Waals surface area contributed by atoms with Crippen molar-refractivity contribution in [2.45, 2.75) is 46.1 Å². The molecule has 1 amide bonds. The molecule has 124 valence electrons. The van der Waals surface area contributed by atoms with Gasteiger partial charge in [0.15, 0.2) is 0 Å². The third-order valence-corrected chi connectivity index (χ3v) is 4.42. The Morgan fingerprint density at radius 2 is 2.19 bits per heavy atom. The average Bonchev–Trinajstić information content (AvgIpc) is 2.49. The number of likely N-dealkylation sites (N-methyl/N-ethyl adjacent to an activating group) is 1. The Kier molecular flexibility index (Phi) is 8.88. The Balaban J connectivity index is 2.21. The molecule has 2 unspecified atom stereocenters. The summed E-state index contributed by atoms with van der Waals surface area (Å²) in [6, 6.07) is 0. The van der Waals surface area contributed by atoms with Gasteiger partial charge in [0.05, 0.1) is 12.7 Å². The van der Waals surface area contributed by atoms with E-state index >= 15 is 0 Å². The largest absolute Gasteiger partial charge is 0.374 e. The van der Waals surface area contributed by atoms with Crippen molar-refractivity contribution in [3.05, 3.63) is 0 Å². The van der Waals surface area contributed by atoms with E-state index in [1.165, 1.54) is 0 Å². The average molecular weight is 299 g/mol. The number of nitrogens with zero attached hydrogens (tertiary/aromatic N) is 1. The summed E-state index contributed by atoms with van der Waals surface area (Å²) < 4.78 is 5.69. The Hall–Kier alpha value is -0.650. The van der Waals surface area contributed by atoms with E-state index < -0.39 is 0 Å². The van der Waals surface area contributed by atoms with E-state index in [9.17, 15) is 4.79 Å². The summed E-state index contributed by atoms with van der Waals surface area (Å²) in [4.78, 5) is 14.3. The first-order chi connectivity index (χ1) is 10.1. The highest BCUT2D eigenvalue weighted by atomic mass is 16.5. The number of amides is 1. The van der Waals surface area contributed by atoms with Gasteiger partial charge in [0.1, 0.15) is 0 Å². The third-order valence-electron chi connectivity index (χ3n) is 4.42. The molecule has 5 nitrogen and oxygen atoms in total. The molecular formula is C16H33N3O2. The molecule has 1 aliphatic heterocycles. The van der Waals surface area contributed by atoms with Gasteiger partial charge in [-0.15, -0.1) is 0 Å². The fourth-order valence-corrected chi connectivity index (χ4v) is 2.85. The minimum absolute atomic E-state index is 0.132. The van der Waals surface area contributed by atoms with Crippen molar-refractivity contribution < 1.29 is 9.53 Å². The first-order valence-electron chi connectivity index (χ1n) is 8.37. The predicted molar refractivity (Wildman–Crippen MR) is 86.1 cm³/mol. The summed E-state index contributed by atoms with van der Waals surface area (Å²) in [6.45, 7) is 11.6. The highest BCUT2D eigenvalue weighted by Gasteiger charge is 2.20. The lowest BCUT2D eigenvalue weighted by atomic mass is 9.88. The van der Waals surface area contributed by atoms with Crippen molar-refractivity contribution in [2.24, 2.45) is 17.6 Å². The molecule has 1 aliphatic rings. The second-order valence-electron chi connectivity index (χ2n) is 6.31. The SMILES string of the molecule is CCN1CCOC(CNC(=O)CCC(CCN)C(C)C)C1. The fraction of sp³-hybridized carbons (Fsp3) is 0.938. The van der Waals surface area contributed by atoms with Crippen LogP contribution in [0.15, 0.2) is 0 Å². The standard InChI is InChI=1S/C16H33N3O2/c1-4-19-9-10-21-15(12-19)11-18-16(20)6-5-14(7-8-17)13(2)3/h13-15H,4-12,17H2,1-3H3,(H,18,20). The van der Waals surface area contributed by atoms with Gasteiger partial charge in [0, 0.05) is 26.1 Å². The number of hydrogen-bond donors (Lipinski definition) is 2. The molecule has 0 spiro atoms. The molecule has 0 aliphatic carbocycles. The summed E-state index contributed by atoms with van der Waals surface area (Å²) in [5, 5.41) is 3.01. The van der Waals surface area contributed by atoms with Gasteiger partial charge in [-0.25, -0.2) is 0 Å². The lowest BCUT2D eigenvalue weighted by Crippen LogP contribution is -2.47. The molecule has 0 radical (unpaired) electrons. The van der Waals surface area contributed by atoms with Crippen LogP contribution in [0.25, 0.3) is 0 Å². The van der Waals surface area contributed by atoms with E-state index in [-0.39, 0.29) is 12.0 Å². The highest BCUT2D eigenvalue weighted by molar-refractivity contribution is 5.75. The molecular weight excluding hydrogens is 266 g/mol. The Labute approximate surface area is 129 Å². The number of morpholine rings is 1. The second-order valence-corrected chi connectivity index (χ2v) is 6.31. The van der Waals surface area contributed by atoms with E-state index in [1.54, 1.807) is 0 Å². The van der Waals surface area contributed by atoms with E-state index in [0.717, 1.165) is 39.1 Å². The van der Waals surface area contributed by atoms with Crippen molar-refractivity contribution in [3.8, 4) is 0 Å². The normalized spacial score (nSPS) is 21.5. The molecule has 2 atom stereocenters. The van der Waals surface area contributed by atoms with Crippen molar-refractivity contribution in [1.82, 2.24) is 10.2 Å². The second kappa shape index (κ2) is 10.1. The molecule has 0 aromatic carbocycles. The molecule has 1 heterocycles. The van der Waals surface area contributed by atoms with E-state index in [2.05, 4.69) is 31.0 Å². The van der Waals surface area contributed by atoms with Crippen LogP contribution in [0.2, 0.25) is 0 Å². The number of nitrogens with two attached hydrogens (primary N) is 1. The lowest BCUT2D eigenvalue weighted by molar-refractivity contribution is -0.122. The van der Waals surface area contributed by atoms with Crippen LogP contribution in [0.4, 0.5) is 0 Å². The molecule has 0 aromatic rings. The van der Waals surface area contributed by atoms with Gasteiger partial charge in [-0.1, -0.05) is 20.8 Å². The summed E-state index contributed by atoms with van der Waals surface area (Å²) in [5.41, 5.74) is 5.63. The van der Waals surface area contributed by atoms with Gasteiger partial charge in [-0.2, -0.15) is 0 Å². The molecule has 0 aromatic heterocycles. The van der Waals surface area contributed by atoms with Crippen LogP contribution < -0.4 is 11.1 Å². The number of hydrogen-bond acceptors (Lipinski definition) is 4. The highest BCUT2D eigenvalue weighted by Crippen LogP contribution is 2.20. The number of carbonyl (C=O) groups excluding carboxylic acids is 1. The predicted octanol–water partition coefficient (Wildman–Crippen LogP) is 1.22. The zero-order chi connectivity index (χ0) is 15.7. The molecule has 1 fully saturated rings. The van der Waals surface area contributed by atoms with Gasteiger partial charge in [0.25, 0.3) is 0 Å². The van der Waals surface area contributed by atoms with Crippen molar-refractivity contribution in [1.29, 1.82) is 0 Å². The van der Waals surface area contributed by atoms with Crippen LogP contribution in [0, 0.1) is 11.8 Å². The first-order valence-corrected chi connectivity index (χ1v) is 8.37. The molecule has 21 heavy (non-hydrogen) atoms. The number of ether oxygens (including phenoxy) is 1. The lowest BCUT2D eigenvalue weighted by Gasteiger charge is -2.32. The zero-order valence-electron chi connectivity index (χ0n) is 13.9. The first kappa shape index (κ1) is 18.4. The topological polar surface area (TPSA) is 67.6 Å². The summed E-state index contributed by atoms with van der Waals surface area (Å²) >= 11 is 0. The van der Waals surface area contributed by atoms with Crippen LogP contribution in [0.3, 0.4) is 0 Å². The maximum absolute atomic E-state index is 12.0. The molecule has 1 saturated heterocycles. The molecule has 3 N–H and O–H groups in total. The third kappa shape index (κ3) is 7.25. The van der Waals surface area contributed by atoms with E-state index in [4.69, 9.17) is 10.5 Å². The number of nitrogens with one attached hydrogen (secondary N) is 1. The van der Waals surface area contributed by atoms with Gasteiger partial charge in [-0.05, 0) is 37.8 Å². The van der Waals surface area contributed by atoms with E-state index in [1.807, 2.05) is 0 Å². The Morgan fingerprint density at radius 3 is 2.81 bits per heavy atom. The van der Waals surface area contributed by atoms with Crippen LogP contribution in [0.5, 0.6) is 0 Å². The molecule has 1 rings (SSSR count). The van der Waals surface area contributed by atoms with Crippen LogP contribution in [-0.2, 0) is 9.53 Å². The van der Waals surface area contributed by atoms with Crippen LogP contribution in [0.1, 0.15) is 40.0 Å². The van der Waals surface area contributed by atoms with Crippen LogP contribution in [-0.4, -0.2) is 56.2 Å². The van der Waals surface area contributed by atoms with Gasteiger partial charge < -0.3 is 15.8 Å². The van der Waals surface area contributed by atoms with Gasteiger partial charge >= 0.3 is 0 Å². The minimum atomic E-state index is 0.132. The summed E-state index contributed by atoms with van der Waals surface area (Å²) in [7, 11) is 0. The van der Waals surface area contributed by atoms with Crippen LogP contribution >= 0.6 is 0 Å². The maximum Gasteiger partial charge on any atom is 0.220 e. The smallest absolute Gasteiger partial charge is 0.220 e. The van der Waals surface area contributed by atoms with Crippen molar-refractivity contribution in [3.63, 3.8) is 0 Å². The summed E-state index contributed by atoms with van der Waals surface area (Å²) in [5.74, 6) is 1.26. The van der Waals surface area contributed by atoms with E-state index in [0.29, 0.717) is 31.3 Å². The van der Waals surface area contributed by atoms with Gasteiger partial charge in [-0.3, -0.25) is 9.69 Å². The Bertz CT molecular complexity index is 297. The molecule has 5 heteroatoms. The quantitative estimate of drug-likeness (QED) is 0.672. The maximum atomic E-state index is 12.0. The number of rotatable bonds is 9. The minimum Gasteiger partial charge on any atom is -0.374 e. The van der Waals surface area contributed by atoms with Crippen molar-refractivity contribution >= 4 is 5.91 Å². The fourth-order valence-electron chi connectivity index (χ4n) is 2.85. The van der Waals surface area contributed by atoms with Gasteiger partial charge in [0.2, 0.25) is 5.91 Å². The Morgan fingerprint density at radius 1 is 1.43 bits per heavy atom. The zero-order valence-corrected chi connectivity index (χ0v) is 13.9. The monoisotopic (exact) mass is 299 g/mol. The molecule has 0 saturated carbocycles. The molecule has 0 bridgehead atoms. The summed E-state index contributed by atoms with van der Waals surface area (Å²) in [6.07, 6.45) is 2.65. The van der Waals surface area contributed by atoms with Crippen molar-refractivity contribution in [2.75, 3.05) is 39.3 Å². The number of carbonyl (C=O) groups is 1.